The molecule has 9 heteroatoms. The number of hydrogen-bond acceptors (Lipinski definition) is 5. The molecule has 2 amide bonds. The van der Waals surface area contributed by atoms with Crippen LogP contribution < -0.4 is 14.4 Å². The lowest BCUT2D eigenvalue weighted by atomic mass is 10.0. The van der Waals surface area contributed by atoms with Crippen molar-refractivity contribution < 1.29 is 22.7 Å². The number of nitrogens with zero attached hydrogens (tertiary/aromatic N) is 2. The number of rotatable bonds is 11. The number of ether oxygens (including phenoxy) is 1. The van der Waals surface area contributed by atoms with E-state index in [1.165, 1.54) is 4.90 Å². The molecule has 0 aliphatic heterocycles. The molecule has 1 atom stereocenters. The second-order valence-corrected chi connectivity index (χ2v) is 10.4. The fourth-order valence-corrected chi connectivity index (χ4v) is 4.32. The van der Waals surface area contributed by atoms with E-state index in [0.717, 1.165) is 21.7 Å². The minimum Gasteiger partial charge on any atom is -0.497 e. The smallest absolute Gasteiger partial charge is 0.244 e. The van der Waals surface area contributed by atoms with E-state index < -0.39 is 28.5 Å². The summed E-state index contributed by atoms with van der Waals surface area (Å²) in [5.74, 6) is 0.177. The van der Waals surface area contributed by atoms with Gasteiger partial charge in [0, 0.05) is 13.1 Å². The van der Waals surface area contributed by atoms with Crippen molar-refractivity contribution in [1.29, 1.82) is 0 Å². The molecule has 2 rings (SSSR count). The highest BCUT2D eigenvalue weighted by molar-refractivity contribution is 7.92. The van der Waals surface area contributed by atoms with Crippen molar-refractivity contribution in [3.05, 3.63) is 59.7 Å². The molecule has 186 valence electrons. The number of amides is 2. The molecule has 0 aliphatic carbocycles. The van der Waals surface area contributed by atoms with Crippen LogP contribution in [0.2, 0.25) is 0 Å². The zero-order chi connectivity index (χ0) is 25.5. The number of sulfonamides is 1. The molecule has 2 aromatic carbocycles. The van der Waals surface area contributed by atoms with Gasteiger partial charge in [-0.1, -0.05) is 38.1 Å². The van der Waals surface area contributed by atoms with Crippen LogP contribution in [0.5, 0.6) is 5.75 Å². The summed E-state index contributed by atoms with van der Waals surface area (Å²) in [6.07, 6.45) is 1.07. The first-order valence-corrected chi connectivity index (χ1v) is 13.1. The van der Waals surface area contributed by atoms with Crippen LogP contribution >= 0.6 is 0 Å². The molecule has 0 saturated heterocycles. The molecule has 0 heterocycles. The van der Waals surface area contributed by atoms with Gasteiger partial charge in [-0.25, -0.2) is 8.42 Å². The van der Waals surface area contributed by atoms with Gasteiger partial charge in [0.1, 0.15) is 18.3 Å². The normalized spacial score (nSPS) is 12.2. The Balaban J connectivity index is 2.36. The Morgan fingerprint density at radius 1 is 1.00 bits per heavy atom. The van der Waals surface area contributed by atoms with Crippen LogP contribution in [0.4, 0.5) is 5.69 Å². The van der Waals surface area contributed by atoms with E-state index in [9.17, 15) is 18.0 Å². The predicted molar refractivity (Wildman–Crippen MR) is 134 cm³/mol. The van der Waals surface area contributed by atoms with Gasteiger partial charge in [0.05, 0.1) is 19.1 Å². The van der Waals surface area contributed by atoms with Gasteiger partial charge in [-0.05, 0) is 55.2 Å². The fourth-order valence-electron chi connectivity index (χ4n) is 3.47. The van der Waals surface area contributed by atoms with Gasteiger partial charge < -0.3 is 15.0 Å². The van der Waals surface area contributed by atoms with E-state index in [4.69, 9.17) is 4.74 Å². The molecule has 0 spiro atoms. The Kier molecular flexibility index (Phi) is 9.49. The molecule has 0 fully saturated rings. The first-order chi connectivity index (χ1) is 16.0. The second kappa shape index (κ2) is 11.9. The van der Waals surface area contributed by atoms with Gasteiger partial charge in [-0.3, -0.25) is 13.9 Å². The van der Waals surface area contributed by atoms with E-state index in [-0.39, 0.29) is 12.5 Å². The molecule has 0 aromatic heterocycles. The number of carbonyl (C=O) groups is 2. The number of anilines is 1. The van der Waals surface area contributed by atoms with Crippen molar-refractivity contribution in [3.8, 4) is 5.75 Å². The predicted octanol–water partition coefficient (Wildman–Crippen LogP) is 3.14. The quantitative estimate of drug-likeness (QED) is 0.523. The van der Waals surface area contributed by atoms with Crippen LogP contribution in [0.25, 0.3) is 0 Å². The number of carbonyl (C=O) groups excluding carboxylic acids is 2. The summed E-state index contributed by atoms with van der Waals surface area (Å²) in [4.78, 5) is 27.4. The fraction of sp³-hybridized carbons (Fsp3) is 0.440. The maximum Gasteiger partial charge on any atom is 0.244 e. The monoisotopic (exact) mass is 489 g/mol. The lowest BCUT2D eigenvalue weighted by Crippen LogP contribution is -2.51. The van der Waals surface area contributed by atoms with Crippen molar-refractivity contribution in [2.45, 2.75) is 46.2 Å². The molecule has 1 N–H and O–H groups in total. The average molecular weight is 490 g/mol. The van der Waals surface area contributed by atoms with Crippen molar-refractivity contribution in [2.75, 3.05) is 30.8 Å². The SMILES string of the molecule is CCNC(=O)[C@H](C)N(Cc1ccc(OC)cc1)C(=O)CN(c1ccc(C(C)C)cc1)S(C)(=O)=O. The largest absolute Gasteiger partial charge is 0.497 e. The Morgan fingerprint density at radius 3 is 2.06 bits per heavy atom. The zero-order valence-electron chi connectivity index (χ0n) is 20.7. The molecular weight excluding hydrogens is 454 g/mol. The van der Waals surface area contributed by atoms with Gasteiger partial charge >= 0.3 is 0 Å². The third-order valence-electron chi connectivity index (χ3n) is 5.56. The third-order valence-corrected chi connectivity index (χ3v) is 6.70. The summed E-state index contributed by atoms with van der Waals surface area (Å²) in [7, 11) is -2.18. The van der Waals surface area contributed by atoms with Crippen molar-refractivity contribution in [1.82, 2.24) is 10.2 Å². The first kappa shape index (κ1) is 27.2. The van der Waals surface area contributed by atoms with E-state index in [1.807, 2.05) is 38.1 Å². The molecule has 0 unspecified atom stereocenters. The molecule has 34 heavy (non-hydrogen) atoms. The summed E-state index contributed by atoms with van der Waals surface area (Å²) < 4.78 is 31.5. The first-order valence-electron chi connectivity index (χ1n) is 11.3. The summed E-state index contributed by atoms with van der Waals surface area (Å²) in [6.45, 7) is 7.68. The van der Waals surface area contributed by atoms with Gasteiger partial charge in [0.15, 0.2) is 0 Å². The minimum atomic E-state index is -3.75. The Hall–Kier alpha value is -3.07. The Morgan fingerprint density at radius 2 is 1.59 bits per heavy atom. The summed E-state index contributed by atoms with van der Waals surface area (Å²) in [5, 5.41) is 2.73. The number of likely N-dealkylation sites (N-methyl/N-ethyl adjacent to an activating group) is 1. The van der Waals surface area contributed by atoms with E-state index in [2.05, 4.69) is 5.32 Å². The van der Waals surface area contributed by atoms with E-state index >= 15 is 0 Å². The number of methoxy groups -OCH3 is 1. The molecule has 2 aromatic rings. The van der Waals surface area contributed by atoms with Crippen molar-refractivity contribution >= 4 is 27.5 Å². The second-order valence-electron chi connectivity index (χ2n) is 8.46. The summed E-state index contributed by atoms with van der Waals surface area (Å²) >= 11 is 0. The molecule has 8 nitrogen and oxygen atoms in total. The van der Waals surface area contributed by atoms with Crippen LogP contribution in [-0.2, 0) is 26.2 Å². The highest BCUT2D eigenvalue weighted by Crippen LogP contribution is 2.23. The molecule has 0 radical (unpaired) electrons. The highest BCUT2D eigenvalue weighted by atomic mass is 32.2. The molecule has 0 bridgehead atoms. The van der Waals surface area contributed by atoms with E-state index in [0.29, 0.717) is 23.9 Å². The Bertz CT molecular complexity index is 1070. The summed E-state index contributed by atoms with van der Waals surface area (Å²) in [5.41, 5.74) is 2.25. The topological polar surface area (TPSA) is 96.0 Å². The molecule has 0 saturated carbocycles. The van der Waals surface area contributed by atoms with E-state index in [1.54, 1.807) is 45.2 Å². The van der Waals surface area contributed by atoms with Crippen LogP contribution in [0.3, 0.4) is 0 Å². The number of nitrogens with one attached hydrogen (secondary N) is 1. The maximum absolute atomic E-state index is 13.4. The average Bonchev–Trinajstić information content (AvgIpc) is 2.80. The number of hydrogen-bond donors (Lipinski definition) is 1. The van der Waals surface area contributed by atoms with Gasteiger partial charge in [-0.15, -0.1) is 0 Å². The molecule has 0 aliphatic rings. The highest BCUT2D eigenvalue weighted by Gasteiger charge is 2.30. The number of benzene rings is 2. The molecular formula is C25H35N3O5S. The maximum atomic E-state index is 13.4. The van der Waals surface area contributed by atoms with Gasteiger partial charge in [-0.2, -0.15) is 0 Å². The standard InChI is InChI=1S/C25H35N3O5S/c1-7-26-25(30)19(4)27(16-20-8-14-23(33-5)15-9-20)24(29)17-28(34(6,31)32)22-12-10-21(11-13-22)18(2)3/h8-15,18-19H,7,16-17H2,1-6H3,(H,26,30)/t19-/m0/s1. The zero-order valence-corrected chi connectivity index (χ0v) is 21.6. The van der Waals surface area contributed by atoms with Crippen LogP contribution in [-0.4, -0.2) is 57.6 Å². The van der Waals surface area contributed by atoms with Crippen LogP contribution in [0.15, 0.2) is 48.5 Å². The van der Waals surface area contributed by atoms with Crippen LogP contribution in [0, 0.1) is 0 Å². The third kappa shape index (κ3) is 7.21. The lowest BCUT2D eigenvalue weighted by molar-refractivity contribution is -0.139. The van der Waals surface area contributed by atoms with Gasteiger partial charge in [0.25, 0.3) is 0 Å². The van der Waals surface area contributed by atoms with Crippen LogP contribution in [0.1, 0.15) is 44.7 Å². The Labute approximate surface area is 202 Å². The lowest BCUT2D eigenvalue weighted by Gasteiger charge is -2.31. The van der Waals surface area contributed by atoms with Crippen molar-refractivity contribution in [2.24, 2.45) is 0 Å². The summed E-state index contributed by atoms with van der Waals surface area (Å²) in [6, 6.07) is 13.5. The van der Waals surface area contributed by atoms with Crippen molar-refractivity contribution in [3.63, 3.8) is 0 Å². The van der Waals surface area contributed by atoms with Gasteiger partial charge in [0.2, 0.25) is 21.8 Å². The minimum absolute atomic E-state index is 0.144.